The molecule has 0 aliphatic heterocycles. The monoisotopic (exact) mass is 431 g/mol. The highest BCUT2D eigenvalue weighted by atomic mass is 32.1. The number of hydrogen-bond donors (Lipinski definition) is 1. The molecule has 2 aromatic carbocycles. The Bertz CT molecular complexity index is 1220. The number of benzene rings is 2. The molecule has 31 heavy (non-hydrogen) atoms. The van der Waals surface area contributed by atoms with Gasteiger partial charge in [0.2, 0.25) is 0 Å². The second kappa shape index (κ2) is 9.27. The van der Waals surface area contributed by atoms with Gasteiger partial charge in [-0.2, -0.15) is 0 Å². The molecule has 0 radical (unpaired) electrons. The van der Waals surface area contributed by atoms with Crippen LogP contribution in [-0.4, -0.2) is 22.5 Å². The number of hydrogen-bond acceptors (Lipinski definition) is 6. The molecule has 0 atom stereocenters. The Morgan fingerprint density at radius 2 is 1.90 bits per heavy atom. The van der Waals surface area contributed by atoms with Gasteiger partial charge in [0.05, 0.1) is 17.6 Å². The van der Waals surface area contributed by atoms with Crippen molar-refractivity contribution < 1.29 is 9.53 Å². The molecule has 1 N–H and O–H groups in total. The van der Waals surface area contributed by atoms with E-state index in [4.69, 9.17) is 4.74 Å². The quantitative estimate of drug-likeness (QED) is 0.261. The molecule has 2 aromatic heterocycles. The Morgan fingerprint density at radius 1 is 1.10 bits per heavy atom. The fraction of sp³-hybridized carbons (Fsp3) is 0.240. The van der Waals surface area contributed by atoms with Crippen molar-refractivity contribution in [2.24, 2.45) is 0 Å². The SMILES string of the molecule is CCCCOC(=O)c1cccc(Nc2ncnc3sc(C)c(-c4ccc(C)cc4)c23)c1. The van der Waals surface area contributed by atoms with Crippen molar-refractivity contribution in [3.05, 3.63) is 70.9 Å². The maximum Gasteiger partial charge on any atom is 0.338 e. The van der Waals surface area contributed by atoms with E-state index in [1.165, 1.54) is 10.4 Å². The molecule has 2 heterocycles. The molecule has 0 unspecified atom stereocenters. The molecule has 6 heteroatoms. The average Bonchev–Trinajstić information content (AvgIpc) is 3.11. The van der Waals surface area contributed by atoms with Crippen LogP contribution in [0, 0.1) is 13.8 Å². The van der Waals surface area contributed by atoms with E-state index in [0.717, 1.165) is 45.7 Å². The van der Waals surface area contributed by atoms with Crippen LogP contribution in [0.15, 0.2) is 54.9 Å². The lowest BCUT2D eigenvalue weighted by Crippen LogP contribution is -2.06. The van der Waals surface area contributed by atoms with Crippen molar-refractivity contribution in [1.82, 2.24) is 9.97 Å². The predicted molar refractivity (Wildman–Crippen MR) is 127 cm³/mol. The van der Waals surface area contributed by atoms with Crippen LogP contribution >= 0.6 is 11.3 Å². The first kappa shape index (κ1) is 21.0. The van der Waals surface area contributed by atoms with Gasteiger partial charge < -0.3 is 10.1 Å². The van der Waals surface area contributed by atoms with Gasteiger partial charge in [-0.25, -0.2) is 14.8 Å². The van der Waals surface area contributed by atoms with E-state index in [1.54, 1.807) is 29.8 Å². The van der Waals surface area contributed by atoms with Gasteiger partial charge in [0.1, 0.15) is 17.0 Å². The summed E-state index contributed by atoms with van der Waals surface area (Å²) in [6.45, 7) is 6.70. The van der Waals surface area contributed by atoms with E-state index in [-0.39, 0.29) is 5.97 Å². The molecule has 0 spiro atoms. The predicted octanol–water partition coefficient (Wildman–Crippen LogP) is 6.68. The highest BCUT2D eigenvalue weighted by molar-refractivity contribution is 7.19. The van der Waals surface area contributed by atoms with Crippen LogP contribution in [0.3, 0.4) is 0 Å². The number of nitrogens with one attached hydrogen (secondary N) is 1. The number of esters is 1. The van der Waals surface area contributed by atoms with Crippen molar-refractivity contribution in [3.8, 4) is 11.1 Å². The number of anilines is 2. The topological polar surface area (TPSA) is 64.1 Å². The van der Waals surface area contributed by atoms with Crippen molar-refractivity contribution in [2.75, 3.05) is 11.9 Å². The highest BCUT2D eigenvalue weighted by Gasteiger charge is 2.17. The van der Waals surface area contributed by atoms with Crippen molar-refractivity contribution in [2.45, 2.75) is 33.6 Å². The van der Waals surface area contributed by atoms with Crippen LogP contribution in [0.4, 0.5) is 11.5 Å². The maximum absolute atomic E-state index is 12.3. The van der Waals surface area contributed by atoms with Gasteiger partial charge in [0, 0.05) is 16.1 Å². The molecule has 0 saturated heterocycles. The first-order chi connectivity index (χ1) is 15.1. The Labute approximate surface area is 186 Å². The first-order valence-electron chi connectivity index (χ1n) is 10.4. The molecule has 158 valence electrons. The normalized spacial score (nSPS) is 10.9. The molecular formula is C25H25N3O2S. The molecule has 0 saturated carbocycles. The summed E-state index contributed by atoms with van der Waals surface area (Å²) >= 11 is 1.66. The Hall–Kier alpha value is -3.25. The number of carbonyl (C=O) groups excluding carboxylic acids is 1. The number of unbranched alkanes of at least 4 members (excludes halogenated alkanes) is 1. The Balaban J connectivity index is 1.69. The summed E-state index contributed by atoms with van der Waals surface area (Å²) in [7, 11) is 0. The van der Waals surface area contributed by atoms with Crippen LogP contribution in [-0.2, 0) is 4.74 Å². The van der Waals surface area contributed by atoms with Gasteiger partial charge in [-0.15, -0.1) is 11.3 Å². The molecule has 0 aliphatic rings. The van der Waals surface area contributed by atoms with Gasteiger partial charge >= 0.3 is 5.97 Å². The van der Waals surface area contributed by atoms with Gasteiger partial charge in [-0.1, -0.05) is 49.2 Å². The zero-order chi connectivity index (χ0) is 21.8. The number of fused-ring (bicyclic) bond motifs is 1. The zero-order valence-corrected chi connectivity index (χ0v) is 18.8. The molecule has 0 aliphatic carbocycles. The van der Waals surface area contributed by atoms with Gasteiger partial charge in [-0.05, 0) is 44.0 Å². The van der Waals surface area contributed by atoms with Crippen LogP contribution in [0.25, 0.3) is 21.3 Å². The molecule has 5 nitrogen and oxygen atoms in total. The average molecular weight is 432 g/mol. The van der Waals surface area contributed by atoms with Crippen molar-refractivity contribution >= 4 is 39.0 Å². The lowest BCUT2D eigenvalue weighted by atomic mass is 10.0. The minimum atomic E-state index is -0.309. The number of aryl methyl sites for hydroxylation is 2. The van der Waals surface area contributed by atoms with E-state index in [1.807, 2.05) is 12.1 Å². The van der Waals surface area contributed by atoms with E-state index >= 15 is 0 Å². The molecule has 0 fully saturated rings. The van der Waals surface area contributed by atoms with Crippen LogP contribution < -0.4 is 5.32 Å². The highest BCUT2D eigenvalue weighted by Crippen LogP contribution is 2.41. The minimum absolute atomic E-state index is 0.309. The van der Waals surface area contributed by atoms with Crippen molar-refractivity contribution in [3.63, 3.8) is 0 Å². The molecule has 4 aromatic rings. The summed E-state index contributed by atoms with van der Waals surface area (Å²) in [5, 5.41) is 4.38. The molecule has 0 amide bonds. The van der Waals surface area contributed by atoms with Crippen molar-refractivity contribution in [1.29, 1.82) is 0 Å². The number of thiophene rings is 1. The van der Waals surface area contributed by atoms with E-state index in [9.17, 15) is 4.79 Å². The summed E-state index contributed by atoms with van der Waals surface area (Å²) in [4.78, 5) is 23.5. The number of aromatic nitrogens is 2. The van der Waals surface area contributed by atoms with E-state index < -0.39 is 0 Å². The Morgan fingerprint density at radius 3 is 2.68 bits per heavy atom. The summed E-state index contributed by atoms with van der Waals surface area (Å²) in [5.74, 6) is 0.415. The summed E-state index contributed by atoms with van der Waals surface area (Å²) in [6, 6.07) is 15.8. The summed E-state index contributed by atoms with van der Waals surface area (Å²) < 4.78 is 5.34. The largest absolute Gasteiger partial charge is 0.462 e. The summed E-state index contributed by atoms with van der Waals surface area (Å²) in [6.07, 6.45) is 3.42. The van der Waals surface area contributed by atoms with E-state index in [2.05, 4.69) is 60.3 Å². The fourth-order valence-corrected chi connectivity index (χ4v) is 4.47. The van der Waals surface area contributed by atoms with Crippen LogP contribution in [0.2, 0.25) is 0 Å². The number of carbonyl (C=O) groups is 1. The van der Waals surface area contributed by atoms with Crippen LogP contribution in [0.1, 0.15) is 40.6 Å². The molecule has 4 rings (SSSR count). The number of nitrogens with zero attached hydrogens (tertiary/aromatic N) is 2. The van der Waals surface area contributed by atoms with Gasteiger partial charge in [-0.3, -0.25) is 0 Å². The minimum Gasteiger partial charge on any atom is -0.462 e. The third kappa shape index (κ3) is 4.59. The molecule has 0 bridgehead atoms. The van der Waals surface area contributed by atoms with Crippen LogP contribution in [0.5, 0.6) is 0 Å². The molecular weight excluding hydrogens is 406 g/mol. The first-order valence-corrected chi connectivity index (χ1v) is 11.2. The second-order valence-electron chi connectivity index (χ2n) is 7.50. The summed E-state index contributed by atoms with van der Waals surface area (Å²) in [5.41, 5.74) is 4.80. The third-order valence-electron chi connectivity index (χ3n) is 5.10. The number of rotatable bonds is 7. The zero-order valence-electron chi connectivity index (χ0n) is 17.9. The smallest absolute Gasteiger partial charge is 0.338 e. The number of ether oxygens (including phenoxy) is 1. The lowest BCUT2D eigenvalue weighted by molar-refractivity contribution is 0.0500. The second-order valence-corrected chi connectivity index (χ2v) is 8.70. The van der Waals surface area contributed by atoms with E-state index in [0.29, 0.717) is 12.2 Å². The Kier molecular flexibility index (Phi) is 6.28. The third-order valence-corrected chi connectivity index (χ3v) is 6.11. The fourth-order valence-electron chi connectivity index (χ4n) is 3.46. The standard InChI is InChI=1S/C25H25N3O2S/c1-4-5-13-30-25(29)19-7-6-8-20(14-19)28-23-22-21(18-11-9-16(2)10-12-18)17(3)31-24(22)27-15-26-23/h6-12,14-15H,4-5,13H2,1-3H3,(H,26,27,28). The maximum atomic E-state index is 12.3. The van der Waals surface area contributed by atoms with Gasteiger partial charge in [0.15, 0.2) is 0 Å². The lowest BCUT2D eigenvalue weighted by Gasteiger charge is -2.10. The van der Waals surface area contributed by atoms with Gasteiger partial charge in [0.25, 0.3) is 0 Å².